The highest BCUT2D eigenvalue weighted by Crippen LogP contribution is 2.23. The van der Waals surface area contributed by atoms with Gasteiger partial charge in [0.05, 0.1) is 32.8 Å². The Hall–Kier alpha value is -1.47. The molecule has 0 atom stereocenters. The van der Waals surface area contributed by atoms with E-state index in [1.807, 2.05) is 17.0 Å². The maximum atomic E-state index is 12.5. The Balaban J connectivity index is 1.62. The SMILES string of the molecule is O=C1Cc2cc(CO)c(CO)cc2CCN1CCCC1OCCO1. The van der Waals surface area contributed by atoms with Crippen LogP contribution in [0.1, 0.15) is 35.1 Å². The Labute approximate surface area is 142 Å². The summed E-state index contributed by atoms with van der Waals surface area (Å²) >= 11 is 0. The maximum absolute atomic E-state index is 12.5. The lowest BCUT2D eigenvalue weighted by Gasteiger charge is -2.21. The van der Waals surface area contributed by atoms with E-state index in [1.165, 1.54) is 0 Å². The van der Waals surface area contributed by atoms with E-state index in [-0.39, 0.29) is 25.4 Å². The van der Waals surface area contributed by atoms with Crippen LogP contribution in [-0.2, 0) is 40.3 Å². The van der Waals surface area contributed by atoms with Gasteiger partial charge in [0.15, 0.2) is 6.29 Å². The number of nitrogens with zero attached hydrogens (tertiary/aromatic N) is 1. The topological polar surface area (TPSA) is 79.2 Å². The van der Waals surface area contributed by atoms with Crippen molar-refractivity contribution in [3.05, 3.63) is 34.4 Å². The lowest BCUT2D eigenvalue weighted by Crippen LogP contribution is -2.33. The van der Waals surface area contributed by atoms with Gasteiger partial charge in [-0.2, -0.15) is 0 Å². The van der Waals surface area contributed by atoms with Gasteiger partial charge in [0.1, 0.15) is 0 Å². The molecule has 2 aliphatic rings. The molecule has 0 saturated carbocycles. The van der Waals surface area contributed by atoms with E-state index in [0.29, 0.717) is 38.3 Å². The Morgan fingerprint density at radius 3 is 2.42 bits per heavy atom. The predicted octanol–water partition coefficient (Wildman–Crippen LogP) is 0.751. The molecule has 3 rings (SSSR count). The van der Waals surface area contributed by atoms with Gasteiger partial charge >= 0.3 is 0 Å². The molecular weight excluding hydrogens is 310 g/mol. The second kappa shape index (κ2) is 8.07. The number of aliphatic hydroxyl groups excluding tert-OH is 2. The average molecular weight is 335 g/mol. The summed E-state index contributed by atoms with van der Waals surface area (Å²) in [6, 6.07) is 3.79. The van der Waals surface area contributed by atoms with Gasteiger partial charge in [0.25, 0.3) is 0 Å². The summed E-state index contributed by atoms with van der Waals surface area (Å²) in [5, 5.41) is 18.9. The molecule has 1 fully saturated rings. The smallest absolute Gasteiger partial charge is 0.227 e. The number of amides is 1. The summed E-state index contributed by atoms with van der Waals surface area (Å²) in [7, 11) is 0. The van der Waals surface area contributed by atoms with Crippen molar-refractivity contribution in [2.75, 3.05) is 26.3 Å². The van der Waals surface area contributed by atoms with E-state index in [9.17, 15) is 15.0 Å². The minimum absolute atomic E-state index is 0.0950. The zero-order valence-electron chi connectivity index (χ0n) is 13.9. The third kappa shape index (κ3) is 3.95. The minimum Gasteiger partial charge on any atom is -0.392 e. The number of fused-ring (bicyclic) bond motifs is 1. The molecule has 0 aromatic heterocycles. The fraction of sp³-hybridized carbons (Fsp3) is 0.611. The largest absolute Gasteiger partial charge is 0.392 e. The van der Waals surface area contributed by atoms with Crippen LogP contribution in [0, 0.1) is 0 Å². The Morgan fingerprint density at radius 1 is 1.08 bits per heavy atom. The van der Waals surface area contributed by atoms with Crippen molar-refractivity contribution in [1.82, 2.24) is 4.90 Å². The van der Waals surface area contributed by atoms with Gasteiger partial charge in [-0.25, -0.2) is 0 Å². The van der Waals surface area contributed by atoms with Gasteiger partial charge in [-0.3, -0.25) is 4.79 Å². The normalized spacial score (nSPS) is 18.8. The van der Waals surface area contributed by atoms with E-state index in [0.717, 1.165) is 36.0 Å². The second-order valence-corrected chi connectivity index (χ2v) is 6.33. The standard InChI is InChI=1S/C18H25NO5/c20-11-15-8-13-3-5-19(4-1-2-18-23-6-7-24-18)17(22)10-14(13)9-16(15)12-21/h8-9,18,20-21H,1-7,10-12H2. The molecule has 1 aromatic rings. The first-order chi connectivity index (χ1) is 11.7. The van der Waals surface area contributed by atoms with Crippen molar-refractivity contribution in [3.63, 3.8) is 0 Å². The maximum Gasteiger partial charge on any atom is 0.227 e. The molecule has 1 saturated heterocycles. The molecule has 0 radical (unpaired) electrons. The average Bonchev–Trinajstić information content (AvgIpc) is 3.06. The van der Waals surface area contributed by atoms with Gasteiger partial charge in [-0.15, -0.1) is 0 Å². The van der Waals surface area contributed by atoms with Crippen LogP contribution in [0.4, 0.5) is 0 Å². The monoisotopic (exact) mass is 335 g/mol. The fourth-order valence-corrected chi connectivity index (χ4v) is 3.40. The van der Waals surface area contributed by atoms with Crippen molar-refractivity contribution < 1.29 is 24.5 Å². The van der Waals surface area contributed by atoms with Crippen LogP contribution in [-0.4, -0.2) is 53.6 Å². The number of hydrogen-bond donors (Lipinski definition) is 2. The summed E-state index contributed by atoms with van der Waals surface area (Å²) in [5.41, 5.74) is 3.50. The quantitative estimate of drug-likeness (QED) is 0.802. The summed E-state index contributed by atoms with van der Waals surface area (Å²) in [6.45, 7) is 2.48. The van der Waals surface area contributed by atoms with Gasteiger partial charge in [0, 0.05) is 19.5 Å². The molecule has 6 nitrogen and oxygen atoms in total. The lowest BCUT2D eigenvalue weighted by molar-refractivity contribution is -0.130. The molecule has 1 aromatic carbocycles. The highest BCUT2D eigenvalue weighted by Gasteiger charge is 2.22. The second-order valence-electron chi connectivity index (χ2n) is 6.33. The lowest BCUT2D eigenvalue weighted by atomic mass is 9.96. The van der Waals surface area contributed by atoms with Crippen LogP contribution >= 0.6 is 0 Å². The van der Waals surface area contributed by atoms with Gasteiger partial charge < -0.3 is 24.6 Å². The van der Waals surface area contributed by atoms with Crippen LogP contribution in [0.25, 0.3) is 0 Å². The first kappa shape index (κ1) is 17.4. The van der Waals surface area contributed by atoms with E-state index in [2.05, 4.69) is 0 Å². The van der Waals surface area contributed by atoms with E-state index >= 15 is 0 Å². The number of benzene rings is 1. The van der Waals surface area contributed by atoms with Crippen LogP contribution in [0.2, 0.25) is 0 Å². The minimum atomic E-state index is -0.123. The zero-order valence-corrected chi connectivity index (χ0v) is 13.9. The van der Waals surface area contributed by atoms with E-state index < -0.39 is 0 Å². The number of ether oxygens (including phenoxy) is 2. The van der Waals surface area contributed by atoms with Crippen molar-refractivity contribution in [2.45, 2.75) is 45.2 Å². The number of hydrogen-bond acceptors (Lipinski definition) is 5. The van der Waals surface area contributed by atoms with Crippen LogP contribution < -0.4 is 0 Å². The Bertz CT molecular complexity index is 583. The molecule has 132 valence electrons. The van der Waals surface area contributed by atoms with Crippen molar-refractivity contribution in [2.24, 2.45) is 0 Å². The molecule has 24 heavy (non-hydrogen) atoms. The molecule has 0 bridgehead atoms. The first-order valence-corrected chi connectivity index (χ1v) is 8.57. The van der Waals surface area contributed by atoms with Crippen molar-refractivity contribution in [1.29, 1.82) is 0 Å². The Kier molecular flexibility index (Phi) is 5.84. The van der Waals surface area contributed by atoms with Gasteiger partial charge in [-0.1, -0.05) is 12.1 Å². The van der Waals surface area contributed by atoms with Gasteiger partial charge in [-0.05, 0) is 35.1 Å². The molecule has 0 aliphatic carbocycles. The molecule has 2 N–H and O–H groups in total. The van der Waals surface area contributed by atoms with Crippen LogP contribution in [0.3, 0.4) is 0 Å². The van der Waals surface area contributed by atoms with Crippen molar-refractivity contribution >= 4 is 5.91 Å². The molecular formula is C18H25NO5. The van der Waals surface area contributed by atoms with E-state index in [4.69, 9.17) is 9.47 Å². The molecule has 2 heterocycles. The van der Waals surface area contributed by atoms with Crippen LogP contribution in [0.15, 0.2) is 12.1 Å². The molecule has 1 amide bonds. The molecule has 0 unspecified atom stereocenters. The summed E-state index contributed by atoms with van der Waals surface area (Å²) in [6.07, 6.45) is 2.67. The molecule has 0 spiro atoms. The zero-order chi connectivity index (χ0) is 16.9. The first-order valence-electron chi connectivity index (χ1n) is 8.57. The highest BCUT2D eigenvalue weighted by molar-refractivity contribution is 5.80. The van der Waals surface area contributed by atoms with E-state index in [1.54, 1.807) is 0 Å². The number of carbonyl (C=O) groups is 1. The number of carbonyl (C=O) groups excluding carboxylic acids is 1. The summed E-state index contributed by atoms with van der Waals surface area (Å²) < 4.78 is 10.8. The third-order valence-electron chi connectivity index (χ3n) is 4.77. The third-order valence-corrected chi connectivity index (χ3v) is 4.77. The summed E-state index contributed by atoms with van der Waals surface area (Å²) in [4.78, 5) is 14.4. The van der Waals surface area contributed by atoms with Crippen molar-refractivity contribution in [3.8, 4) is 0 Å². The molecule has 2 aliphatic heterocycles. The summed E-state index contributed by atoms with van der Waals surface area (Å²) in [5.74, 6) is 0.114. The number of rotatable bonds is 6. The Morgan fingerprint density at radius 2 is 1.75 bits per heavy atom. The fourth-order valence-electron chi connectivity index (χ4n) is 3.40. The number of aliphatic hydroxyl groups is 2. The molecule has 6 heteroatoms. The highest BCUT2D eigenvalue weighted by atomic mass is 16.7. The van der Waals surface area contributed by atoms with Crippen LogP contribution in [0.5, 0.6) is 0 Å². The predicted molar refractivity (Wildman–Crippen MR) is 87.2 cm³/mol. The van der Waals surface area contributed by atoms with Gasteiger partial charge in [0.2, 0.25) is 5.91 Å².